The van der Waals surface area contributed by atoms with Gasteiger partial charge in [-0.15, -0.1) is 0 Å². The lowest BCUT2D eigenvalue weighted by Crippen LogP contribution is -2.45. The van der Waals surface area contributed by atoms with Crippen molar-refractivity contribution in [2.75, 3.05) is 39.5 Å². The van der Waals surface area contributed by atoms with Crippen molar-refractivity contribution in [1.29, 1.82) is 0 Å². The molecule has 6 N–H and O–H groups in total. The van der Waals surface area contributed by atoms with Gasteiger partial charge in [-0.05, 0) is 49.2 Å². The second-order valence-corrected chi connectivity index (χ2v) is 11.9. The molecule has 14 heteroatoms. The van der Waals surface area contributed by atoms with Crippen molar-refractivity contribution in [3.8, 4) is 11.5 Å². The number of rotatable bonds is 4. The zero-order valence-corrected chi connectivity index (χ0v) is 24.3. The van der Waals surface area contributed by atoms with E-state index in [0.717, 1.165) is 42.5 Å². The smallest absolute Gasteiger partial charge is 0.491 e. The van der Waals surface area contributed by atoms with Crippen LogP contribution in [0.15, 0.2) is 33.2 Å². The van der Waals surface area contributed by atoms with Gasteiger partial charge in [0.25, 0.3) is 0 Å². The zero-order valence-electron chi connectivity index (χ0n) is 21.1. The lowest BCUT2D eigenvalue weighted by molar-refractivity contribution is -0.0266. The first-order chi connectivity index (χ1) is 18.2. The quantitative estimate of drug-likeness (QED) is 0.348. The van der Waals surface area contributed by atoms with E-state index in [4.69, 9.17) is 39.6 Å². The van der Waals surface area contributed by atoms with Crippen LogP contribution in [0.2, 0.25) is 0 Å². The molecule has 236 valence electrons. The molecule has 4 aliphatic heterocycles. The zero-order chi connectivity index (χ0) is 27.2. The maximum Gasteiger partial charge on any atom is 0.499 e. The molecule has 6 rings (SSSR count). The van der Waals surface area contributed by atoms with E-state index in [1.54, 1.807) is 13.8 Å². The van der Waals surface area contributed by atoms with Crippen molar-refractivity contribution >= 4 is 57.0 Å². The number of halogens is 2. The van der Waals surface area contributed by atoms with Crippen LogP contribution >= 0.6 is 31.9 Å². The molecule has 0 aromatic heterocycles. The fourth-order valence-corrected chi connectivity index (χ4v) is 6.08. The summed E-state index contributed by atoms with van der Waals surface area (Å²) in [5.41, 5.74) is 13.7. The third-order valence-electron chi connectivity index (χ3n) is 7.03. The molecule has 0 fully saturated rings. The Morgan fingerprint density at radius 3 is 1.40 bits per heavy atom. The summed E-state index contributed by atoms with van der Waals surface area (Å²) in [6.45, 7) is 4.62. The molecule has 42 heavy (non-hydrogen) atoms. The van der Waals surface area contributed by atoms with E-state index in [2.05, 4.69) is 31.9 Å². The van der Waals surface area contributed by atoms with E-state index >= 15 is 0 Å². The average molecular weight is 720 g/mol. The normalized spacial score (nSPS) is 26.1. The van der Waals surface area contributed by atoms with E-state index in [1.165, 1.54) is 0 Å². The van der Waals surface area contributed by atoms with Crippen molar-refractivity contribution in [3.05, 3.63) is 44.3 Å². The maximum atomic E-state index is 9.47. The summed E-state index contributed by atoms with van der Waals surface area (Å²) in [7, 11) is -1.09. The number of hydrogen-bond acceptors (Lipinski definition) is 10. The number of benzene rings is 2. The van der Waals surface area contributed by atoms with Crippen LogP contribution in [0.1, 0.15) is 66.9 Å². The van der Waals surface area contributed by atoms with Crippen molar-refractivity contribution in [3.63, 3.8) is 0 Å². The van der Waals surface area contributed by atoms with Gasteiger partial charge in [0, 0.05) is 33.0 Å². The van der Waals surface area contributed by atoms with Crippen LogP contribution in [-0.4, -0.2) is 75.2 Å². The highest BCUT2D eigenvalue weighted by Crippen LogP contribution is 2.38. The molecule has 2 aromatic carbocycles. The molecule has 10 nitrogen and oxygen atoms in total. The van der Waals surface area contributed by atoms with Gasteiger partial charge < -0.3 is 49.8 Å². The summed E-state index contributed by atoms with van der Waals surface area (Å²) >= 11 is 7.04. The van der Waals surface area contributed by atoms with Crippen molar-refractivity contribution in [2.24, 2.45) is 11.5 Å². The van der Waals surface area contributed by atoms with Crippen molar-refractivity contribution in [1.82, 2.24) is 0 Å². The molecule has 0 spiro atoms. The summed E-state index contributed by atoms with van der Waals surface area (Å²) in [4.78, 5) is 0. The van der Waals surface area contributed by atoms with Crippen LogP contribution in [0.5, 0.6) is 11.5 Å². The van der Waals surface area contributed by atoms with E-state index in [-0.39, 0.29) is 68.3 Å². The van der Waals surface area contributed by atoms with Gasteiger partial charge in [-0.1, -0.05) is 61.6 Å². The first kappa shape index (κ1) is 38.8. The summed E-state index contributed by atoms with van der Waals surface area (Å²) in [6.07, 6.45) is -0.446. The molecule has 0 radical (unpaired) electrons. The molecule has 0 saturated heterocycles. The van der Waals surface area contributed by atoms with Crippen LogP contribution in [0, 0.1) is 0 Å². The summed E-state index contributed by atoms with van der Waals surface area (Å²) < 4.78 is 36.9. The van der Waals surface area contributed by atoms with Gasteiger partial charge in [0.15, 0.2) is 0 Å². The van der Waals surface area contributed by atoms with Crippen molar-refractivity contribution < 1.29 is 38.3 Å². The predicted molar refractivity (Wildman–Crippen MR) is 176 cm³/mol. The standard InChI is InChI=1S/2C12H15BBrNO4.4CH4/c2*1-12(5-16)6-17-8-3-2-7(14)10-9(4-15)18-13(19-12)11(8)10;;;;/h2*2-3,9,16H,4-6,15H2,1H3;4*1H4/t9-,12+;9-,12-;;;;/m11..../s1. The van der Waals surface area contributed by atoms with Crippen LogP contribution in [0.4, 0.5) is 0 Å². The Morgan fingerprint density at radius 1 is 0.738 bits per heavy atom. The maximum absolute atomic E-state index is 9.47. The molecule has 4 heterocycles. The Kier molecular flexibility index (Phi) is 14.1. The minimum absolute atomic E-state index is 0. The van der Waals surface area contributed by atoms with E-state index in [1.807, 2.05) is 24.3 Å². The minimum atomic E-state index is -0.781. The van der Waals surface area contributed by atoms with Crippen LogP contribution in [-0.2, 0) is 18.6 Å². The minimum Gasteiger partial charge on any atom is -0.491 e. The fraction of sp³-hybridized carbons (Fsp3) is 0.571. The highest BCUT2D eigenvalue weighted by Gasteiger charge is 2.48. The van der Waals surface area contributed by atoms with Gasteiger partial charge in [-0.2, -0.15) is 0 Å². The third kappa shape index (κ3) is 7.03. The third-order valence-corrected chi connectivity index (χ3v) is 8.41. The Bertz CT molecular complexity index is 1120. The molecule has 2 aromatic rings. The predicted octanol–water partition coefficient (Wildman–Crippen LogP) is 3.21. The number of ether oxygens (including phenoxy) is 2. The fourth-order valence-electron chi connectivity index (χ4n) is 4.87. The molecule has 0 bridgehead atoms. The largest absolute Gasteiger partial charge is 0.499 e. The molecule has 0 saturated carbocycles. The Morgan fingerprint density at radius 2 is 1.10 bits per heavy atom. The molecule has 0 aliphatic carbocycles. The molecular weight excluding hydrogens is 674 g/mol. The Hall–Kier alpha value is -1.19. The number of aliphatic hydroxyl groups excluding tert-OH is 2. The summed E-state index contributed by atoms with van der Waals surface area (Å²) in [5, 5.41) is 18.9. The second-order valence-electron chi connectivity index (χ2n) is 10.2. The molecule has 4 aliphatic rings. The van der Waals surface area contributed by atoms with E-state index in [9.17, 15) is 10.2 Å². The molecule has 0 amide bonds. The highest BCUT2D eigenvalue weighted by molar-refractivity contribution is 9.10. The topological polar surface area (TPSA) is 148 Å². The van der Waals surface area contributed by atoms with Crippen LogP contribution in [0.25, 0.3) is 0 Å². The lowest BCUT2D eigenvalue weighted by atomic mass is 9.77. The average Bonchev–Trinajstić information content (AvgIpc) is 3.38. The first-order valence-corrected chi connectivity index (χ1v) is 13.9. The number of aliphatic hydroxyl groups is 2. The number of nitrogens with two attached hydrogens (primary N) is 2. The molecular formula is C28H46B2Br2N2O8. The monoisotopic (exact) mass is 718 g/mol. The van der Waals surface area contributed by atoms with Gasteiger partial charge in [-0.25, -0.2) is 0 Å². The van der Waals surface area contributed by atoms with Gasteiger partial charge in [0.05, 0.1) is 25.4 Å². The van der Waals surface area contributed by atoms with Crippen LogP contribution in [0.3, 0.4) is 0 Å². The summed E-state index contributed by atoms with van der Waals surface area (Å²) in [5.74, 6) is 1.47. The molecule has 4 atom stereocenters. The van der Waals surface area contributed by atoms with E-state index in [0.29, 0.717) is 13.1 Å². The molecule has 0 unspecified atom stereocenters. The van der Waals surface area contributed by atoms with Crippen LogP contribution < -0.4 is 31.9 Å². The van der Waals surface area contributed by atoms with Gasteiger partial charge in [0.2, 0.25) is 0 Å². The number of hydrogen-bond donors (Lipinski definition) is 4. The SMILES string of the molecule is C.C.C.C.C[C@@]1(CO)COc2ccc(Br)c3c2B(O[C@@H]3CN)O1.C[C@]1(CO)COc2ccc(Br)c3c2B(O[C@@H]3CN)O1. The Labute approximate surface area is 268 Å². The van der Waals surface area contributed by atoms with Crippen molar-refractivity contribution in [2.45, 2.75) is 67.0 Å². The van der Waals surface area contributed by atoms with E-state index < -0.39 is 25.4 Å². The Balaban J connectivity index is 0.000000383. The first-order valence-electron chi connectivity index (χ1n) is 12.3. The summed E-state index contributed by atoms with van der Waals surface area (Å²) in [6, 6.07) is 7.60. The lowest BCUT2D eigenvalue weighted by Gasteiger charge is -2.27. The highest BCUT2D eigenvalue weighted by atomic mass is 79.9. The van der Waals surface area contributed by atoms with Gasteiger partial charge in [-0.3, -0.25) is 0 Å². The van der Waals surface area contributed by atoms with Gasteiger partial charge >= 0.3 is 14.2 Å². The second kappa shape index (κ2) is 15.2. The van der Waals surface area contributed by atoms with Gasteiger partial charge in [0.1, 0.15) is 35.9 Å².